The van der Waals surface area contributed by atoms with Crippen LogP contribution in [0.15, 0.2) is 94.4 Å². The van der Waals surface area contributed by atoms with Gasteiger partial charge in [-0.05, 0) is 94.5 Å². The molecule has 5 N–H and O–H groups in total. The van der Waals surface area contributed by atoms with Gasteiger partial charge in [-0.2, -0.15) is 5.10 Å². The zero-order chi connectivity index (χ0) is 39.3. The van der Waals surface area contributed by atoms with Gasteiger partial charge in [0.05, 0.1) is 36.9 Å². The molecule has 2 aromatic heterocycles. The highest BCUT2D eigenvalue weighted by Gasteiger charge is 2.33. The Morgan fingerprint density at radius 1 is 0.964 bits per heavy atom. The SMILES string of the molecule is Cc1c(Cl)c(C(N)=O)nn1-c1ccc(C(=O)NS(=O)(=O)c2ccc3c(c2)c(Br)cn3Cc2ccc(Cl)c(Cl)c2)cc1C(=O)N1Cc2ccccc2CC1CN. The predicted molar refractivity (Wildman–Crippen MR) is 215 cm³/mol. The quantitative estimate of drug-likeness (QED) is 0.146. The summed E-state index contributed by atoms with van der Waals surface area (Å²) in [7, 11) is -4.42. The maximum absolute atomic E-state index is 14.5. The molecule has 282 valence electrons. The first-order valence-corrected chi connectivity index (χ1v) is 20.1. The highest BCUT2D eigenvalue weighted by Crippen LogP contribution is 2.32. The second kappa shape index (κ2) is 15.1. The summed E-state index contributed by atoms with van der Waals surface area (Å²) in [6, 6.07) is 21.2. The van der Waals surface area contributed by atoms with Crippen molar-refractivity contribution in [1.82, 2.24) is 24.0 Å². The van der Waals surface area contributed by atoms with Crippen LogP contribution in [0.4, 0.5) is 0 Å². The molecule has 0 aliphatic carbocycles. The summed E-state index contributed by atoms with van der Waals surface area (Å²) in [4.78, 5) is 41.8. The minimum Gasteiger partial charge on any atom is -0.364 e. The Bertz CT molecular complexity index is 2680. The van der Waals surface area contributed by atoms with E-state index in [-0.39, 0.29) is 51.6 Å². The average Bonchev–Trinajstić information content (AvgIpc) is 3.65. The van der Waals surface area contributed by atoms with Crippen LogP contribution < -0.4 is 16.2 Å². The van der Waals surface area contributed by atoms with Crippen molar-refractivity contribution in [2.75, 3.05) is 6.54 Å². The van der Waals surface area contributed by atoms with E-state index in [1.165, 1.54) is 35.0 Å². The van der Waals surface area contributed by atoms with E-state index in [1.807, 2.05) is 41.1 Å². The van der Waals surface area contributed by atoms with Gasteiger partial charge in [-0.1, -0.05) is 65.1 Å². The Morgan fingerprint density at radius 3 is 2.40 bits per heavy atom. The van der Waals surface area contributed by atoms with E-state index in [1.54, 1.807) is 30.0 Å². The van der Waals surface area contributed by atoms with Crippen LogP contribution in [0.2, 0.25) is 15.1 Å². The molecular weight excluding hydrogens is 853 g/mol. The van der Waals surface area contributed by atoms with Crippen molar-refractivity contribution < 1.29 is 22.8 Å². The number of nitrogens with zero attached hydrogens (tertiary/aromatic N) is 4. The number of benzene rings is 4. The van der Waals surface area contributed by atoms with E-state index >= 15 is 0 Å². The number of carbonyl (C=O) groups excluding carboxylic acids is 3. The van der Waals surface area contributed by atoms with Gasteiger partial charge in [-0.3, -0.25) is 14.4 Å². The average molecular weight is 884 g/mol. The van der Waals surface area contributed by atoms with E-state index in [0.29, 0.717) is 38.6 Å². The highest BCUT2D eigenvalue weighted by atomic mass is 79.9. The Kier molecular flexibility index (Phi) is 10.6. The number of nitrogens with one attached hydrogen (secondary N) is 1. The van der Waals surface area contributed by atoms with Crippen molar-refractivity contribution in [3.05, 3.63) is 144 Å². The van der Waals surface area contributed by atoms with Gasteiger partial charge in [0.1, 0.15) is 0 Å². The molecule has 1 atom stereocenters. The third kappa shape index (κ3) is 7.37. The zero-order valence-electron chi connectivity index (χ0n) is 28.9. The van der Waals surface area contributed by atoms with Gasteiger partial charge in [0, 0.05) is 52.8 Å². The number of aromatic nitrogens is 3. The van der Waals surface area contributed by atoms with Gasteiger partial charge in [0.15, 0.2) is 5.69 Å². The molecular formula is C38H31BrCl3N7O5S. The van der Waals surface area contributed by atoms with Crippen molar-refractivity contribution in [3.63, 3.8) is 0 Å². The molecule has 1 unspecified atom stereocenters. The topological polar surface area (TPSA) is 175 Å². The van der Waals surface area contributed by atoms with Crippen LogP contribution in [-0.4, -0.2) is 58.0 Å². The van der Waals surface area contributed by atoms with Gasteiger partial charge in [0.25, 0.3) is 27.7 Å². The Labute approximate surface area is 339 Å². The van der Waals surface area contributed by atoms with Crippen LogP contribution in [-0.2, 0) is 29.5 Å². The number of rotatable bonds is 9. The fourth-order valence-corrected chi connectivity index (χ4v) is 8.80. The zero-order valence-corrected chi connectivity index (χ0v) is 33.6. The first-order valence-electron chi connectivity index (χ1n) is 16.7. The fourth-order valence-electron chi connectivity index (χ4n) is 6.70. The highest BCUT2D eigenvalue weighted by molar-refractivity contribution is 9.10. The molecule has 0 saturated carbocycles. The minimum absolute atomic E-state index is 0.00104. The molecule has 55 heavy (non-hydrogen) atoms. The van der Waals surface area contributed by atoms with Crippen molar-refractivity contribution in [1.29, 1.82) is 0 Å². The number of sulfonamides is 1. The number of amides is 3. The Balaban J connectivity index is 1.23. The van der Waals surface area contributed by atoms with E-state index < -0.39 is 27.7 Å². The second-order valence-corrected chi connectivity index (χ2v) is 16.7. The summed E-state index contributed by atoms with van der Waals surface area (Å²) in [5, 5.41) is 5.72. The maximum atomic E-state index is 14.5. The molecule has 0 saturated heterocycles. The van der Waals surface area contributed by atoms with Gasteiger partial charge in [-0.25, -0.2) is 17.8 Å². The Morgan fingerprint density at radius 2 is 1.71 bits per heavy atom. The standard InChI is InChI=1S/C38H31BrCl3N7O5S/c1-20-34(42)35(36(44)50)45-49(20)33-10-7-23(14-28(33)38(52)48-18-24-5-3-2-4-22(24)13-25(48)16-43)37(51)46-55(53,54)26-8-11-32-27(15-26)29(39)19-47(32)17-21-6-9-30(40)31(41)12-21/h2-12,14-15,19,25H,13,16-18,43H2,1H3,(H2,44,50)(H,46,51). The van der Waals surface area contributed by atoms with E-state index in [2.05, 4.69) is 25.8 Å². The monoisotopic (exact) mass is 881 g/mol. The Hall–Kier alpha value is -4.70. The number of primary amides is 1. The van der Waals surface area contributed by atoms with Crippen LogP contribution >= 0.6 is 50.7 Å². The molecule has 3 amide bonds. The van der Waals surface area contributed by atoms with Crippen LogP contribution in [0, 0.1) is 6.92 Å². The molecule has 12 nitrogen and oxygen atoms in total. The summed E-state index contributed by atoms with van der Waals surface area (Å²) >= 11 is 22.2. The van der Waals surface area contributed by atoms with Gasteiger partial charge < -0.3 is 20.9 Å². The number of halogens is 4. The first kappa shape index (κ1) is 38.6. The number of nitrogens with two attached hydrogens (primary N) is 2. The van der Waals surface area contributed by atoms with Crippen molar-refractivity contribution in [2.24, 2.45) is 11.5 Å². The van der Waals surface area contributed by atoms with Crippen LogP contribution in [0.5, 0.6) is 0 Å². The largest absolute Gasteiger partial charge is 0.364 e. The van der Waals surface area contributed by atoms with Crippen molar-refractivity contribution in [2.45, 2.75) is 37.4 Å². The smallest absolute Gasteiger partial charge is 0.270 e. The summed E-state index contributed by atoms with van der Waals surface area (Å²) in [5.41, 5.74) is 15.5. The normalized spacial score (nSPS) is 14.2. The molecule has 0 radical (unpaired) electrons. The molecule has 0 spiro atoms. The molecule has 4 aromatic carbocycles. The molecule has 17 heteroatoms. The molecule has 1 aliphatic heterocycles. The lowest BCUT2D eigenvalue weighted by atomic mass is 9.93. The van der Waals surface area contributed by atoms with Gasteiger partial charge in [-0.15, -0.1) is 0 Å². The first-order chi connectivity index (χ1) is 26.2. The third-order valence-corrected chi connectivity index (χ3v) is 12.7. The van der Waals surface area contributed by atoms with E-state index in [9.17, 15) is 22.8 Å². The lowest BCUT2D eigenvalue weighted by Crippen LogP contribution is -2.48. The second-order valence-electron chi connectivity index (χ2n) is 13.0. The fraction of sp³-hybridized carbons (Fsp3) is 0.158. The molecule has 1 aliphatic rings. The van der Waals surface area contributed by atoms with Crippen LogP contribution in [0.25, 0.3) is 16.6 Å². The van der Waals surface area contributed by atoms with Crippen molar-refractivity contribution in [3.8, 4) is 5.69 Å². The summed E-state index contributed by atoms with van der Waals surface area (Å²) < 4.78 is 33.4. The summed E-state index contributed by atoms with van der Waals surface area (Å²) in [6.07, 6.45) is 2.32. The molecule has 7 rings (SSSR count). The van der Waals surface area contributed by atoms with Gasteiger partial charge in [0.2, 0.25) is 0 Å². The lowest BCUT2D eigenvalue weighted by Gasteiger charge is -2.36. The maximum Gasteiger partial charge on any atom is 0.270 e. The summed E-state index contributed by atoms with van der Waals surface area (Å²) in [6.45, 7) is 2.42. The third-order valence-electron chi connectivity index (χ3n) is 9.56. The number of hydrogen-bond donors (Lipinski definition) is 3. The number of fused-ring (bicyclic) bond motifs is 2. The summed E-state index contributed by atoms with van der Waals surface area (Å²) in [5.74, 6) is -2.35. The van der Waals surface area contributed by atoms with Crippen molar-refractivity contribution >= 4 is 89.4 Å². The number of hydrogen-bond acceptors (Lipinski definition) is 7. The molecule has 0 fully saturated rings. The van der Waals surface area contributed by atoms with Gasteiger partial charge >= 0.3 is 0 Å². The molecule has 0 bridgehead atoms. The van der Waals surface area contributed by atoms with E-state index in [4.69, 9.17) is 46.3 Å². The predicted octanol–water partition coefficient (Wildman–Crippen LogP) is 6.65. The minimum atomic E-state index is -4.42. The molecule has 6 aromatic rings. The van der Waals surface area contributed by atoms with Crippen LogP contribution in [0.3, 0.4) is 0 Å². The van der Waals surface area contributed by atoms with Crippen LogP contribution in [0.1, 0.15) is 53.6 Å². The lowest BCUT2D eigenvalue weighted by molar-refractivity contribution is 0.0647. The number of carbonyl (C=O) groups is 3. The molecule has 3 heterocycles. The van der Waals surface area contributed by atoms with E-state index in [0.717, 1.165) is 22.2 Å².